The fraction of sp³-hybridized carbons (Fsp3) is 0.718. The van der Waals surface area contributed by atoms with Gasteiger partial charge >= 0.3 is 0 Å². The highest BCUT2D eigenvalue weighted by molar-refractivity contribution is 14.2. The Balaban J connectivity index is 0.000000868. The second kappa shape index (κ2) is 57.5. The first kappa shape index (κ1) is 76.1. The van der Waals surface area contributed by atoms with Crippen LogP contribution in [0.4, 0.5) is 0 Å². The highest BCUT2D eigenvalue weighted by atomic mass is 127. The maximum Gasteiger partial charge on any atom is 0.259 e. The zero-order valence-corrected chi connectivity index (χ0v) is 56.2. The second-order valence-electron chi connectivity index (χ2n) is 23.0. The molecule has 0 saturated heterocycles. The summed E-state index contributed by atoms with van der Waals surface area (Å²) in [4.78, 5) is 50.0. The Kier molecular flexibility index (Phi) is 54.0. The van der Waals surface area contributed by atoms with Crippen LogP contribution in [-0.2, 0) is 28.6 Å². The molecule has 2 aromatic carbocycles. The number of unbranched alkanes of at least 4 members (excludes halogenated alkanes) is 40. The van der Waals surface area contributed by atoms with Gasteiger partial charge in [-0.15, -0.1) is 12.3 Å². The molecule has 4 amide bonds. The molecule has 0 saturated carbocycles. The number of amides is 4. The smallest absolute Gasteiger partial charge is 0.259 e. The van der Waals surface area contributed by atoms with Crippen LogP contribution in [0, 0.1) is 19.5 Å². The lowest BCUT2D eigenvalue weighted by atomic mass is 10.0. The maximum absolute atomic E-state index is 12.9. The summed E-state index contributed by atoms with van der Waals surface area (Å²) in [5, 5.41) is 5.01. The first-order chi connectivity index (χ1) is 39.8. The Morgan fingerprint density at radius 3 is 1.16 bits per heavy atom. The molecule has 0 spiro atoms. The molecule has 0 unspecified atom stereocenters. The molecular weight excluding hydrogens is 1230 g/mol. The van der Waals surface area contributed by atoms with Crippen LogP contribution in [0.5, 0.6) is 0 Å². The van der Waals surface area contributed by atoms with E-state index in [0.717, 1.165) is 68.9 Å². The van der Waals surface area contributed by atoms with Crippen LogP contribution in [0.3, 0.4) is 0 Å². The maximum atomic E-state index is 12.9. The van der Waals surface area contributed by atoms with Gasteiger partial charge in [-0.2, -0.15) is 0 Å². The molecule has 0 aliphatic rings. The second-order valence-corrected chi connectivity index (χ2v) is 26.1. The van der Waals surface area contributed by atoms with Crippen molar-refractivity contribution in [3.05, 3.63) is 77.9 Å². The van der Waals surface area contributed by atoms with Crippen LogP contribution in [0.2, 0.25) is 0 Å². The summed E-state index contributed by atoms with van der Waals surface area (Å²) in [6.45, 7) is 6.81. The largest absolute Gasteiger partial charge is 0.292 e. The van der Waals surface area contributed by atoms with Crippen LogP contribution in [0.15, 0.2) is 48.6 Å². The van der Waals surface area contributed by atoms with Gasteiger partial charge in [0.25, 0.3) is 11.8 Å². The van der Waals surface area contributed by atoms with Crippen molar-refractivity contribution in [1.82, 2.24) is 10.6 Å². The molecule has 0 radical (unpaired) electrons. The molecule has 2 N–H and O–H groups in total. The number of hydrogen-bond acceptors (Lipinski definition) is 6. The van der Waals surface area contributed by atoms with E-state index in [1.54, 1.807) is 18.2 Å². The minimum Gasteiger partial charge on any atom is -0.292 e. The molecular formula is C71H116I2N2O6. The summed E-state index contributed by atoms with van der Waals surface area (Å²) in [6, 6.07) is 10.8. The number of rotatable bonds is 53. The first-order valence-electron chi connectivity index (χ1n) is 33.3. The Morgan fingerprint density at radius 2 is 0.790 bits per heavy atom. The highest BCUT2D eigenvalue weighted by Gasteiger charge is 2.18. The van der Waals surface area contributed by atoms with Crippen LogP contribution >= 0.6 is 42.4 Å². The Labute approximate surface area is 517 Å². The van der Waals surface area contributed by atoms with Gasteiger partial charge in [-0.3, -0.25) is 35.9 Å². The molecule has 2 rings (SSSR count). The molecule has 0 aromatic heterocycles. The molecule has 0 atom stereocenters. The molecule has 0 bridgehead atoms. The SMILES string of the molecule is C#CCc1cccc(C(=O)NC(=O)CCCCCCCCCCCCCCCCC)c1I=O.CCCCCCCCCCC=CCCCCCCc1ccc(I=O)c(C(=O)NC(=O)CCCCCCCCCCCCCCCCC)c1. The molecule has 0 aliphatic heterocycles. The summed E-state index contributed by atoms with van der Waals surface area (Å²) in [5.41, 5.74) is 2.53. The normalized spacial score (nSPS) is 11.1. The van der Waals surface area contributed by atoms with Crippen molar-refractivity contribution in [2.24, 2.45) is 0 Å². The molecule has 10 heteroatoms. The topological polar surface area (TPSA) is 126 Å². The third-order valence-electron chi connectivity index (χ3n) is 15.5. The van der Waals surface area contributed by atoms with Crippen molar-refractivity contribution in [3.8, 4) is 12.3 Å². The number of allylic oxidation sites excluding steroid dienone is 2. The van der Waals surface area contributed by atoms with Gasteiger partial charge in [0.2, 0.25) is 11.8 Å². The lowest BCUT2D eigenvalue weighted by molar-refractivity contribution is -0.121. The predicted molar refractivity (Wildman–Crippen MR) is 359 cm³/mol. The number of carbonyl (C=O) groups is 4. The van der Waals surface area contributed by atoms with E-state index in [9.17, 15) is 25.3 Å². The van der Waals surface area contributed by atoms with Crippen LogP contribution < -0.4 is 10.6 Å². The molecule has 2 aromatic rings. The van der Waals surface area contributed by atoms with Gasteiger partial charge in [0, 0.05) is 19.3 Å². The van der Waals surface area contributed by atoms with E-state index >= 15 is 0 Å². The van der Waals surface area contributed by atoms with Crippen LogP contribution in [-0.4, -0.2) is 23.6 Å². The summed E-state index contributed by atoms with van der Waals surface area (Å²) in [7, 11) is 0. The number of imide groups is 2. The number of carbonyl (C=O) groups excluding carboxylic acids is 4. The first-order valence-corrected chi connectivity index (χ1v) is 37.2. The van der Waals surface area contributed by atoms with Gasteiger partial charge in [0.05, 0.1) is 18.3 Å². The van der Waals surface area contributed by atoms with Gasteiger partial charge in [-0.1, -0.05) is 289 Å². The van der Waals surface area contributed by atoms with E-state index in [1.807, 2.05) is 18.2 Å². The summed E-state index contributed by atoms with van der Waals surface area (Å²) >= 11 is -3.03. The van der Waals surface area contributed by atoms with Crippen molar-refractivity contribution in [2.75, 3.05) is 0 Å². The van der Waals surface area contributed by atoms with Crippen LogP contribution in [0.1, 0.15) is 348 Å². The number of halogens is 2. The Hall–Kier alpha value is -2.92. The van der Waals surface area contributed by atoms with E-state index < -0.39 is 54.2 Å². The van der Waals surface area contributed by atoms with Gasteiger partial charge in [-0.05, 0) is 80.7 Å². The molecule has 0 fully saturated rings. The molecule has 81 heavy (non-hydrogen) atoms. The average Bonchev–Trinajstić information content (AvgIpc) is 3.50. The van der Waals surface area contributed by atoms with Crippen molar-refractivity contribution in [2.45, 2.75) is 329 Å². The molecule has 0 aliphatic carbocycles. The predicted octanol–water partition coefficient (Wildman–Crippen LogP) is 22.1. The summed E-state index contributed by atoms with van der Waals surface area (Å²) < 4.78 is 24.6. The highest BCUT2D eigenvalue weighted by Crippen LogP contribution is 2.23. The minimum absolute atomic E-state index is 0.220. The third kappa shape index (κ3) is 44.3. The standard InChI is InChI=1S/C43H74INO3.C28H42INO3/c1-3-5-7-9-11-13-15-17-19-21-22-24-26-28-30-32-34-39-36-37-41(44-48)40(38-39)43(47)45-42(46)35-33-31-29-27-25-23-20-18-16-14-12-10-8-6-4-2;1-3-5-6-7-8-9-10-11-12-13-14-15-16-17-18-23-26(31)30-28(32)25-22-19-21-24(20-4-2)27(25)29-33/h21-22,36-38H,3-20,23-35H2,1-2H3,(H,45,46,47);2,19,21-22H,3,5-18,20,23H2,1H3,(H,30,31,32). The van der Waals surface area contributed by atoms with Gasteiger partial charge in [-0.25, -0.2) is 0 Å². The average molecular weight is 1350 g/mol. The van der Waals surface area contributed by atoms with E-state index in [0.29, 0.717) is 37.5 Å². The zero-order chi connectivity index (χ0) is 58.9. The minimum atomic E-state index is -1.55. The van der Waals surface area contributed by atoms with Crippen LogP contribution in [0.25, 0.3) is 0 Å². The molecule has 460 valence electrons. The van der Waals surface area contributed by atoms with Crippen molar-refractivity contribution in [3.63, 3.8) is 0 Å². The van der Waals surface area contributed by atoms with Gasteiger partial charge in [0.15, 0.2) is 42.4 Å². The Bertz CT molecular complexity index is 1990. The van der Waals surface area contributed by atoms with Gasteiger partial charge < -0.3 is 0 Å². The molecule has 0 heterocycles. The van der Waals surface area contributed by atoms with E-state index in [2.05, 4.69) is 49.5 Å². The lowest BCUT2D eigenvalue weighted by Crippen LogP contribution is -2.31. The van der Waals surface area contributed by atoms with Gasteiger partial charge in [0.1, 0.15) is 0 Å². The lowest BCUT2D eigenvalue weighted by Gasteiger charge is -2.09. The molecule has 8 nitrogen and oxygen atoms in total. The zero-order valence-electron chi connectivity index (χ0n) is 51.8. The fourth-order valence-electron chi connectivity index (χ4n) is 10.5. The van der Waals surface area contributed by atoms with E-state index in [1.165, 1.54) is 231 Å². The van der Waals surface area contributed by atoms with E-state index in [-0.39, 0.29) is 11.8 Å². The number of aryl methyl sites for hydroxylation is 1. The quantitative estimate of drug-likeness (QED) is 0.0294. The number of terminal acetylenes is 1. The summed E-state index contributed by atoms with van der Waals surface area (Å²) in [6.07, 6.45) is 68.5. The summed E-state index contributed by atoms with van der Waals surface area (Å²) in [5.74, 6) is 1.15. The van der Waals surface area contributed by atoms with E-state index in [4.69, 9.17) is 6.42 Å². The fourth-order valence-corrected chi connectivity index (χ4v) is 12.7. The van der Waals surface area contributed by atoms with Crippen molar-refractivity contribution >= 4 is 66.0 Å². The monoisotopic (exact) mass is 1350 g/mol. The number of hydrogen-bond donors (Lipinski definition) is 2. The Morgan fingerprint density at radius 1 is 0.432 bits per heavy atom. The third-order valence-corrected chi connectivity index (χ3v) is 18.7. The van der Waals surface area contributed by atoms with Crippen molar-refractivity contribution < 1.29 is 25.3 Å². The van der Waals surface area contributed by atoms with Crippen molar-refractivity contribution in [1.29, 1.82) is 0 Å². The number of nitrogens with one attached hydrogen (secondary N) is 2. The number of benzene rings is 2.